The average molecular weight is 563 g/mol. The van der Waals surface area contributed by atoms with Gasteiger partial charge in [-0.1, -0.05) is 6.07 Å². The molecule has 2 aromatic carbocycles. The van der Waals surface area contributed by atoms with Gasteiger partial charge in [0.15, 0.2) is 0 Å². The van der Waals surface area contributed by atoms with Crippen molar-refractivity contribution in [1.82, 2.24) is 24.7 Å². The van der Waals surface area contributed by atoms with Crippen molar-refractivity contribution in [2.45, 2.75) is 71.2 Å². The van der Waals surface area contributed by atoms with E-state index >= 15 is 4.39 Å². The summed E-state index contributed by atoms with van der Waals surface area (Å²) in [7, 11) is 0. The summed E-state index contributed by atoms with van der Waals surface area (Å²) in [6, 6.07) is 7.12. The van der Waals surface area contributed by atoms with Crippen LogP contribution in [0.2, 0.25) is 0 Å². The Hall–Kier alpha value is -3.99. The Morgan fingerprint density at radius 1 is 1.07 bits per heavy atom. The van der Waals surface area contributed by atoms with Crippen LogP contribution < -0.4 is 27.2 Å². The standard InChI is InChI=1S/C30H35FN6O4/c1-17(2)37-26-12-24(31)25(11-23(26)28(39)36(30(37)41)15-18-5-6-18)34-29(40)35-9-3-4-22(16-35)33-27(38)19-7-8-20-13-32-14-21(20)10-19/h7-8,10-12,17-18,22,32H,3-6,9,13-16H2,1-2H3,(H,33,38)(H,34,40). The molecule has 1 saturated heterocycles. The predicted octanol–water partition coefficient (Wildman–Crippen LogP) is 3.32. The fourth-order valence-electron chi connectivity index (χ4n) is 5.89. The average Bonchev–Trinajstić information content (AvgIpc) is 3.65. The summed E-state index contributed by atoms with van der Waals surface area (Å²) in [5, 5.41) is 9.12. The maximum Gasteiger partial charge on any atom is 0.331 e. The van der Waals surface area contributed by atoms with Gasteiger partial charge in [-0.15, -0.1) is 0 Å². The molecule has 1 unspecified atom stereocenters. The molecular formula is C30H35FN6O4. The third-order valence-corrected chi connectivity index (χ3v) is 8.30. The number of carbonyl (C=O) groups excluding carboxylic acids is 2. The summed E-state index contributed by atoms with van der Waals surface area (Å²) >= 11 is 0. The number of fused-ring (bicyclic) bond motifs is 2. The molecule has 3 amide bonds. The van der Waals surface area contributed by atoms with Crippen molar-refractivity contribution in [1.29, 1.82) is 0 Å². The SMILES string of the molecule is CC(C)n1c(=O)n(CC2CC2)c(=O)c2cc(NC(=O)N3CCCC(NC(=O)c4ccc5c(c4)CNC5)C3)c(F)cc21. The first-order valence-corrected chi connectivity index (χ1v) is 14.4. The van der Waals surface area contributed by atoms with Gasteiger partial charge in [-0.25, -0.2) is 14.0 Å². The predicted molar refractivity (Wildman–Crippen MR) is 154 cm³/mol. The highest BCUT2D eigenvalue weighted by Gasteiger charge is 2.28. The maximum absolute atomic E-state index is 15.3. The second-order valence-corrected chi connectivity index (χ2v) is 11.7. The third kappa shape index (κ3) is 5.38. The van der Waals surface area contributed by atoms with Crippen LogP contribution in [0.25, 0.3) is 10.9 Å². The highest BCUT2D eigenvalue weighted by atomic mass is 19.1. The normalized spacial score (nSPS) is 18.5. The Morgan fingerprint density at radius 2 is 1.85 bits per heavy atom. The van der Waals surface area contributed by atoms with Gasteiger partial charge in [0.25, 0.3) is 11.5 Å². The molecule has 10 nitrogen and oxygen atoms in total. The molecular weight excluding hydrogens is 527 g/mol. The molecule has 6 rings (SSSR count). The summed E-state index contributed by atoms with van der Waals surface area (Å²) in [5.41, 5.74) is 2.05. The molecule has 3 N–H and O–H groups in total. The lowest BCUT2D eigenvalue weighted by molar-refractivity contribution is 0.0913. The molecule has 0 spiro atoms. The van der Waals surface area contributed by atoms with Gasteiger partial charge in [0.1, 0.15) is 5.82 Å². The lowest BCUT2D eigenvalue weighted by atomic mass is 10.0. The largest absolute Gasteiger partial charge is 0.348 e. The number of aromatic nitrogens is 2. The Balaban J connectivity index is 1.20. The second-order valence-electron chi connectivity index (χ2n) is 11.7. The fourth-order valence-corrected chi connectivity index (χ4v) is 5.89. The van der Waals surface area contributed by atoms with Crippen LogP contribution in [0, 0.1) is 11.7 Å². The minimum atomic E-state index is -0.730. The number of urea groups is 1. The quantitative estimate of drug-likeness (QED) is 0.426. The first kappa shape index (κ1) is 27.2. The molecule has 1 aliphatic carbocycles. The number of rotatable bonds is 6. The summed E-state index contributed by atoms with van der Waals surface area (Å²) in [6.45, 7) is 6.24. The van der Waals surface area contributed by atoms with E-state index in [2.05, 4.69) is 16.0 Å². The number of halogens is 1. The number of piperidine rings is 1. The van der Waals surface area contributed by atoms with E-state index in [0.29, 0.717) is 31.0 Å². The van der Waals surface area contributed by atoms with Crippen molar-refractivity contribution in [3.8, 4) is 0 Å². The van der Waals surface area contributed by atoms with Gasteiger partial charge in [-0.3, -0.25) is 18.7 Å². The van der Waals surface area contributed by atoms with E-state index in [1.807, 2.05) is 32.0 Å². The molecule has 1 aromatic heterocycles. The van der Waals surface area contributed by atoms with E-state index in [-0.39, 0.29) is 41.1 Å². The Labute approximate surface area is 236 Å². The Morgan fingerprint density at radius 3 is 2.61 bits per heavy atom. The van der Waals surface area contributed by atoms with Gasteiger partial charge in [0.2, 0.25) is 0 Å². The number of carbonyl (C=O) groups is 2. The smallest absolute Gasteiger partial charge is 0.331 e. The van der Waals surface area contributed by atoms with Crippen LogP contribution in [0.15, 0.2) is 39.9 Å². The summed E-state index contributed by atoms with van der Waals surface area (Å²) < 4.78 is 18.0. The third-order valence-electron chi connectivity index (χ3n) is 8.30. The molecule has 3 aromatic rings. The molecule has 0 radical (unpaired) electrons. The first-order valence-electron chi connectivity index (χ1n) is 14.4. The van der Waals surface area contributed by atoms with E-state index in [9.17, 15) is 19.2 Å². The van der Waals surface area contributed by atoms with Crippen LogP contribution in [0.3, 0.4) is 0 Å². The van der Waals surface area contributed by atoms with Crippen LogP contribution >= 0.6 is 0 Å². The number of hydrogen-bond donors (Lipinski definition) is 3. The molecule has 2 aliphatic heterocycles. The van der Waals surface area contributed by atoms with Gasteiger partial charge in [-0.2, -0.15) is 0 Å². The van der Waals surface area contributed by atoms with E-state index < -0.39 is 23.1 Å². The summed E-state index contributed by atoms with van der Waals surface area (Å²) in [4.78, 5) is 54.1. The molecule has 0 bridgehead atoms. The van der Waals surface area contributed by atoms with Crippen molar-refractivity contribution in [3.63, 3.8) is 0 Å². The highest BCUT2D eigenvalue weighted by molar-refractivity contribution is 5.95. The number of hydrogen-bond acceptors (Lipinski definition) is 5. The monoisotopic (exact) mass is 562 g/mol. The van der Waals surface area contributed by atoms with Crippen molar-refractivity contribution in [2.24, 2.45) is 5.92 Å². The van der Waals surface area contributed by atoms with Crippen LogP contribution in [-0.2, 0) is 19.6 Å². The van der Waals surface area contributed by atoms with Gasteiger partial charge in [0.05, 0.1) is 16.6 Å². The van der Waals surface area contributed by atoms with E-state index in [0.717, 1.165) is 44.0 Å². The summed E-state index contributed by atoms with van der Waals surface area (Å²) in [5.74, 6) is -0.622. The van der Waals surface area contributed by atoms with E-state index in [4.69, 9.17) is 0 Å². The first-order chi connectivity index (χ1) is 19.7. The minimum Gasteiger partial charge on any atom is -0.348 e. The highest BCUT2D eigenvalue weighted by Crippen LogP contribution is 2.30. The number of anilines is 1. The lowest BCUT2D eigenvalue weighted by Gasteiger charge is -2.33. The van der Waals surface area contributed by atoms with Gasteiger partial charge in [0, 0.05) is 56.4 Å². The zero-order chi connectivity index (χ0) is 28.8. The lowest BCUT2D eigenvalue weighted by Crippen LogP contribution is -2.50. The minimum absolute atomic E-state index is 0.121. The van der Waals surface area contributed by atoms with Crippen molar-refractivity contribution < 1.29 is 14.0 Å². The number of benzene rings is 2. The van der Waals surface area contributed by atoms with E-state index in [1.54, 1.807) is 4.90 Å². The van der Waals surface area contributed by atoms with Crippen molar-refractivity contribution in [2.75, 3.05) is 18.4 Å². The number of amides is 3. The van der Waals surface area contributed by atoms with Crippen LogP contribution in [0.4, 0.5) is 14.9 Å². The molecule has 41 heavy (non-hydrogen) atoms. The van der Waals surface area contributed by atoms with Gasteiger partial charge >= 0.3 is 11.7 Å². The molecule has 1 saturated carbocycles. The molecule has 3 aliphatic rings. The topological polar surface area (TPSA) is 117 Å². The molecule has 1 atom stereocenters. The maximum atomic E-state index is 15.3. The number of nitrogens with zero attached hydrogens (tertiary/aromatic N) is 3. The molecule has 2 fully saturated rings. The fraction of sp³-hybridized carbons (Fsp3) is 0.467. The van der Waals surface area contributed by atoms with Crippen molar-refractivity contribution >= 4 is 28.5 Å². The van der Waals surface area contributed by atoms with E-state index in [1.165, 1.54) is 20.8 Å². The Bertz CT molecular complexity index is 1660. The number of likely N-dealkylation sites (tertiary alicyclic amines) is 1. The van der Waals surface area contributed by atoms with Crippen molar-refractivity contribution in [3.05, 3.63) is 73.7 Å². The van der Waals surface area contributed by atoms with Gasteiger partial charge < -0.3 is 20.9 Å². The Kier molecular flexibility index (Phi) is 7.14. The molecule has 11 heteroatoms. The zero-order valence-electron chi connectivity index (χ0n) is 23.3. The van der Waals surface area contributed by atoms with Crippen LogP contribution in [-0.4, -0.2) is 45.1 Å². The molecule has 3 heterocycles. The van der Waals surface area contributed by atoms with Crippen LogP contribution in [0.1, 0.15) is 67.1 Å². The van der Waals surface area contributed by atoms with Crippen LogP contribution in [0.5, 0.6) is 0 Å². The molecule has 216 valence electrons. The zero-order valence-corrected chi connectivity index (χ0v) is 23.3. The number of nitrogens with one attached hydrogen (secondary N) is 3. The van der Waals surface area contributed by atoms with Gasteiger partial charge in [-0.05, 0) is 74.8 Å². The second kappa shape index (κ2) is 10.8. The summed E-state index contributed by atoms with van der Waals surface area (Å²) in [6.07, 6.45) is 3.34.